The quantitative estimate of drug-likeness (QED) is 0.419. The Hall–Kier alpha value is -3.04. The molecule has 1 aliphatic rings. The summed E-state index contributed by atoms with van der Waals surface area (Å²) in [6, 6.07) is 6.98. The topological polar surface area (TPSA) is 111 Å². The van der Waals surface area contributed by atoms with Crippen molar-refractivity contribution in [3.8, 4) is 11.5 Å². The van der Waals surface area contributed by atoms with Gasteiger partial charge in [-0.1, -0.05) is 11.6 Å². The molecule has 0 saturated heterocycles. The number of carbonyl (C=O) groups excluding carboxylic acids is 1. The van der Waals surface area contributed by atoms with Crippen LogP contribution in [0, 0.1) is 0 Å². The van der Waals surface area contributed by atoms with Crippen LogP contribution in [0.4, 0.5) is 0 Å². The molecule has 3 heterocycles. The maximum Gasteiger partial charge on any atom is 0.306 e. The molecule has 3 aromatic heterocycles. The van der Waals surface area contributed by atoms with Gasteiger partial charge in [0.25, 0.3) is 11.4 Å². The van der Waals surface area contributed by atoms with E-state index < -0.39 is 5.97 Å². The van der Waals surface area contributed by atoms with E-state index in [1.54, 1.807) is 35.6 Å². The highest BCUT2D eigenvalue weighted by Gasteiger charge is 2.20. The molecule has 5 rings (SSSR count). The second-order valence-corrected chi connectivity index (χ2v) is 9.09. The van der Waals surface area contributed by atoms with E-state index in [-0.39, 0.29) is 30.9 Å². The molecule has 0 spiro atoms. The van der Waals surface area contributed by atoms with E-state index in [0.717, 1.165) is 41.6 Å². The molecule has 0 amide bonds. The number of benzene rings is 1. The third kappa shape index (κ3) is 4.31. The summed E-state index contributed by atoms with van der Waals surface area (Å²) in [7, 11) is 0. The zero-order valence-corrected chi connectivity index (χ0v) is 18.6. The fourth-order valence-corrected chi connectivity index (χ4v) is 5.19. The van der Waals surface area contributed by atoms with E-state index in [4.69, 9.17) is 20.8 Å². The van der Waals surface area contributed by atoms with Crippen LogP contribution < -0.4 is 5.56 Å². The van der Waals surface area contributed by atoms with E-state index in [9.17, 15) is 9.59 Å². The Morgan fingerprint density at radius 1 is 1.19 bits per heavy atom. The molecule has 0 fully saturated rings. The van der Waals surface area contributed by atoms with Crippen LogP contribution >= 0.6 is 22.9 Å². The van der Waals surface area contributed by atoms with Crippen molar-refractivity contribution < 1.29 is 13.9 Å². The highest BCUT2D eigenvalue weighted by molar-refractivity contribution is 7.18. The lowest BCUT2D eigenvalue weighted by Gasteiger charge is -2.09. The summed E-state index contributed by atoms with van der Waals surface area (Å²) in [5.74, 6) is 0.562. The van der Waals surface area contributed by atoms with Gasteiger partial charge < -0.3 is 14.1 Å². The van der Waals surface area contributed by atoms with Crippen molar-refractivity contribution in [2.75, 3.05) is 0 Å². The van der Waals surface area contributed by atoms with Crippen LogP contribution in [0.15, 0.2) is 33.5 Å². The van der Waals surface area contributed by atoms with Gasteiger partial charge in [-0.05, 0) is 55.5 Å². The largest absolute Gasteiger partial charge is 0.456 e. The number of ether oxygens (including phenoxy) is 1. The molecule has 1 aromatic carbocycles. The van der Waals surface area contributed by atoms with Gasteiger partial charge >= 0.3 is 5.97 Å². The predicted octanol–water partition coefficient (Wildman–Crippen LogP) is 4.24. The molecule has 164 valence electrons. The van der Waals surface area contributed by atoms with Crippen molar-refractivity contribution >= 4 is 39.1 Å². The first kappa shape index (κ1) is 20.8. The van der Waals surface area contributed by atoms with Crippen LogP contribution in [0.3, 0.4) is 0 Å². The van der Waals surface area contributed by atoms with E-state index >= 15 is 0 Å². The normalized spacial score (nSPS) is 13.3. The molecular formula is C22H19ClN4O4S. The summed E-state index contributed by atoms with van der Waals surface area (Å²) in [6.07, 6.45) is 4.56. The van der Waals surface area contributed by atoms with Crippen molar-refractivity contribution in [1.29, 1.82) is 0 Å². The Morgan fingerprint density at radius 3 is 2.84 bits per heavy atom. The molecule has 32 heavy (non-hydrogen) atoms. The van der Waals surface area contributed by atoms with Gasteiger partial charge in [-0.25, -0.2) is 4.98 Å². The third-order valence-corrected chi connectivity index (χ3v) is 6.79. The maximum absolute atomic E-state index is 12.6. The lowest BCUT2D eigenvalue weighted by atomic mass is 9.97. The van der Waals surface area contributed by atoms with Crippen molar-refractivity contribution in [2.45, 2.75) is 45.1 Å². The Balaban J connectivity index is 1.19. The zero-order chi connectivity index (χ0) is 22.1. The third-order valence-electron chi connectivity index (χ3n) is 5.35. The molecule has 0 unspecified atom stereocenters. The molecule has 0 saturated carbocycles. The van der Waals surface area contributed by atoms with Crippen molar-refractivity contribution in [3.63, 3.8) is 0 Å². The maximum atomic E-state index is 12.6. The molecule has 8 nitrogen and oxygen atoms in total. The van der Waals surface area contributed by atoms with Crippen LogP contribution in [0.2, 0.25) is 5.02 Å². The number of fused-ring (bicyclic) bond motifs is 3. The molecule has 1 N–H and O–H groups in total. The monoisotopic (exact) mass is 470 g/mol. The smallest absolute Gasteiger partial charge is 0.306 e. The average molecular weight is 471 g/mol. The van der Waals surface area contributed by atoms with Crippen LogP contribution in [-0.2, 0) is 35.4 Å². The van der Waals surface area contributed by atoms with E-state index in [1.165, 1.54) is 4.88 Å². The fourth-order valence-electron chi connectivity index (χ4n) is 3.78. The first-order chi connectivity index (χ1) is 15.6. The Morgan fingerprint density at radius 2 is 2.00 bits per heavy atom. The molecule has 0 aliphatic heterocycles. The predicted molar refractivity (Wildman–Crippen MR) is 120 cm³/mol. The second kappa shape index (κ2) is 8.84. The zero-order valence-electron chi connectivity index (χ0n) is 17.0. The SMILES string of the molecule is O=C(CCc1nc2sc3c(c2c(=O)[nH]1)CCCC3)OCc1nnc(-c2ccc(Cl)cc2)o1. The van der Waals surface area contributed by atoms with Crippen molar-refractivity contribution in [2.24, 2.45) is 0 Å². The number of thiophene rings is 1. The van der Waals surface area contributed by atoms with Gasteiger partial charge in [0.15, 0.2) is 6.61 Å². The van der Waals surface area contributed by atoms with Gasteiger partial charge in [0.2, 0.25) is 5.89 Å². The van der Waals surface area contributed by atoms with Crippen LogP contribution in [-0.4, -0.2) is 26.1 Å². The Bertz CT molecular complexity index is 1340. The van der Waals surface area contributed by atoms with Crippen LogP contribution in [0.5, 0.6) is 0 Å². The number of aromatic amines is 1. The van der Waals surface area contributed by atoms with Gasteiger partial charge in [-0.2, -0.15) is 0 Å². The average Bonchev–Trinajstić information content (AvgIpc) is 3.41. The summed E-state index contributed by atoms with van der Waals surface area (Å²) in [6.45, 7) is -0.125. The number of nitrogens with one attached hydrogen (secondary N) is 1. The summed E-state index contributed by atoms with van der Waals surface area (Å²) in [5.41, 5.74) is 1.74. The number of aryl methyl sites for hydroxylation is 3. The second-order valence-electron chi connectivity index (χ2n) is 7.57. The van der Waals surface area contributed by atoms with Gasteiger partial charge in [0.1, 0.15) is 10.7 Å². The van der Waals surface area contributed by atoms with E-state index in [2.05, 4.69) is 20.2 Å². The molecular weight excluding hydrogens is 452 g/mol. The molecule has 0 atom stereocenters. The van der Waals surface area contributed by atoms with Crippen molar-refractivity contribution in [3.05, 3.63) is 61.8 Å². The standard InChI is InChI=1S/C22H19ClN4O4S/c23-13-7-5-12(6-8-13)21-27-26-17(31-21)11-30-18(28)10-9-16-24-20(29)19-14-3-1-2-4-15(14)32-22(19)25-16/h5-8H,1-4,9-11H2,(H,24,25,29). The first-order valence-corrected chi connectivity index (χ1v) is 11.5. The molecule has 0 radical (unpaired) electrons. The Labute approximate surface area is 191 Å². The minimum Gasteiger partial charge on any atom is -0.456 e. The number of H-pyrrole nitrogens is 1. The number of hydrogen-bond acceptors (Lipinski definition) is 8. The van der Waals surface area contributed by atoms with E-state index in [1.807, 2.05) is 0 Å². The summed E-state index contributed by atoms with van der Waals surface area (Å²) >= 11 is 7.47. The molecule has 1 aliphatic carbocycles. The van der Waals surface area contributed by atoms with Gasteiger partial charge in [0.05, 0.1) is 11.8 Å². The first-order valence-electron chi connectivity index (χ1n) is 10.3. The number of esters is 1. The number of carbonyl (C=O) groups is 1. The van der Waals surface area contributed by atoms with Crippen LogP contribution in [0.25, 0.3) is 21.7 Å². The summed E-state index contributed by atoms with van der Waals surface area (Å²) in [5, 5.41) is 9.17. The molecule has 0 bridgehead atoms. The number of hydrogen-bond donors (Lipinski definition) is 1. The van der Waals surface area contributed by atoms with Gasteiger partial charge in [-0.3, -0.25) is 9.59 Å². The lowest BCUT2D eigenvalue weighted by molar-refractivity contribution is -0.145. The Kier molecular flexibility index (Phi) is 5.75. The van der Waals surface area contributed by atoms with Gasteiger partial charge in [0, 0.05) is 21.9 Å². The minimum absolute atomic E-state index is 0.0811. The molecule has 10 heteroatoms. The minimum atomic E-state index is -0.440. The van der Waals surface area contributed by atoms with E-state index in [0.29, 0.717) is 22.1 Å². The summed E-state index contributed by atoms with van der Waals surface area (Å²) in [4.78, 5) is 34.2. The number of aromatic nitrogens is 4. The highest BCUT2D eigenvalue weighted by Crippen LogP contribution is 2.33. The molecule has 4 aromatic rings. The summed E-state index contributed by atoms with van der Waals surface area (Å²) < 4.78 is 10.8. The fraction of sp³-hybridized carbons (Fsp3) is 0.318. The van der Waals surface area contributed by atoms with Crippen molar-refractivity contribution in [1.82, 2.24) is 20.2 Å². The van der Waals surface area contributed by atoms with Crippen LogP contribution in [0.1, 0.15) is 41.4 Å². The van der Waals surface area contributed by atoms with Gasteiger partial charge in [-0.15, -0.1) is 21.5 Å². The number of nitrogens with zero attached hydrogens (tertiary/aromatic N) is 3. The highest BCUT2D eigenvalue weighted by atomic mass is 35.5. The number of halogens is 1. The number of rotatable bonds is 6. The lowest BCUT2D eigenvalue weighted by Crippen LogP contribution is -2.14.